The quantitative estimate of drug-likeness (QED) is 0.180. The number of hydrogen-bond acceptors (Lipinski definition) is 8. The first-order valence-electron chi connectivity index (χ1n) is 9.63. The number of aromatic nitrogens is 2. The second-order valence-corrected chi connectivity index (χ2v) is 8.50. The molecule has 195 valence electrons. The fraction of sp³-hybridized carbons (Fsp3) is 0.130. The second-order valence-electron chi connectivity index (χ2n) is 6.79. The Morgan fingerprint density at radius 1 is 0.944 bits per heavy atom. The standard InChI is InChI=1S/C12H8N2.C10H13NO4S.CH2O2.Co.2H2O/c1-3-9-5-6-10-4-2-8-14-12(10)11(9)13-7-1;1-7-3-5-9(6-4-7)16(14,15)11-8(2)10(12)13;2-1-3;;;/h1-8H;3-6,8,11H,1-2H3,(H,12,13);1H,(H,2,3);;2*1H2/q;;;+2;;/p-1/t;8-;;;;/m.1..../s1. The van der Waals surface area contributed by atoms with Gasteiger partial charge < -0.3 is 30.8 Å². The molecule has 0 unspecified atom stereocenters. The van der Waals surface area contributed by atoms with E-state index < -0.39 is 28.5 Å². The average Bonchev–Trinajstić information content (AvgIpc) is 2.80. The van der Waals surface area contributed by atoms with Crippen LogP contribution in [0.25, 0.3) is 21.8 Å². The number of aryl methyl sites for hydroxylation is 1. The number of benzene rings is 2. The maximum atomic E-state index is 11.7. The monoisotopic (exact) mass is 563 g/mol. The molecule has 0 amide bonds. The molecule has 0 aliphatic carbocycles. The number of nitrogens with one attached hydrogen (secondary N) is 1. The molecule has 2 aromatic carbocycles. The van der Waals surface area contributed by atoms with Crippen LogP contribution in [-0.4, -0.2) is 42.3 Å². The first-order valence-corrected chi connectivity index (χ1v) is 11.1. The van der Waals surface area contributed by atoms with Gasteiger partial charge in [-0.3, -0.25) is 9.97 Å². The zero-order valence-electron chi connectivity index (χ0n) is 19.2. The van der Waals surface area contributed by atoms with Crippen LogP contribution in [0.1, 0.15) is 12.5 Å². The minimum atomic E-state index is -3.79. The van der Waals surface area contributed by atoms with Crippen molar-refractivity contribution in [3.05, 3.63) is 78.6 Å². The first kappa shape index (κ1) is 34.7. The minimum Gasteiger partial charge on any atom is -0.554 e. The molecule has 0 bridgehead atoms. The van der Waals surface area contributed by atoms with E-state index in [1.54, 1.807) is 24.5 Å². The fourth-order valence-corrected chi connectivity index (χ4v) is 3.94. The van der Waals surface area contributed by atoms with Crippen LogP contribution >= 0.6 is 0 Å². The summed E-state index contributed by atoms with van der Waals surface area (Å²) in [5.41, 5.74) is 2.88. The number of nitrogens with zero attached hydrogens (tertiary/aromatic N) is 2. The van der Waals surface area contributed by atoms with Gasteiger partial charge in [0.2, 0.25) is 10.0 Å². The Bertz CT molecular complexity index is 1300. The topological polar surface area (TPSA) is 217 Å². The van der Waals surface area contributed by atoms with Gasteiger partial charge >= 0.3 is 16.8 Å². The summed E-state index contributed by atoms with van der Waals surface area (Å²) in [6.07, 6.45) is 3.60. The predicted molar refractivity (Wildman–Crippen MR) is 128 cm³/mol. The number of hydrogen-bond donors (Lipinski definition) is 1. The summed E-state index contributed by atoms with van der Waals surface area (Å²) in [6, 6.07) is 17.0. The van der Waals surface area contributed by atoms with E-state index in [1.165, 1.54) is 19.1 Å². The fourth-order valence-electron chi connectivity index (χ4n) is 2.75. The molecule has 6 N–H and O–H groups in total. The Morgan fingerprint density at radius 3 is 1.75 bits per heavy atom. The van der Waals surface area contributed by atoms with Gasteiger partial charge in [0.05, 0.1) is 27.9 Å². The number of pyridine rings is 2. The number of carboxylic acids is 1. The van der Waals surface area contributed by atoms with E-state index in [1.807, 2.05) is 23.8 Å². The van der Waals surface area contributed by atoms with Crippen LogP contribution < -0.4 is 14.9 Å². The Kier molecular flexibility index (Phi) is 15.7. The van der Waals surface area contributed by atoms with Crippen LogP contribution in [0.4, 0.5) is 0 Å². The molecule has 0 fully saturated rings. The van der Waals surface area contributed by atoms with Crippen molar-refractivity contribution in [1.29, 1.82) is 0 Å². The van der Waals surface area contributed by atoms with Gasteiger partial charge in [-0.2, -0.15) is 0 Å². The third-order valence-corrected chi connectivity index (χ3v) is 5.92. The largest absolute Gasteiger partial charge is 2.00 e. The van der Waals surface area contributed by atoms with E-state index in [-0.39, 0.29) is 32.6 Å². The Morgan fingerprint density at radius 2 is 1.36 bits per heavy atom. The molecular weight excluding hydrogens is 537 g/mol. The van der Waals surface area contributed by atoms with Crippen molar-refractivity contribution < 1.29 is 56.0 Å². The molecule has 0 saturated heterocycles. The van der Waals surface area contributed by atoms with Crippen molar-refractivity contribution in [2.75, 3.05) is 0 Å². The summed E-state index contributed by atoms with van der Waals surface area (Å²) in [7, 11) is -3.79. The summed E-state index contributed by atoms with van der Waals surface area (Å²) in [6.45, 7) is 2.54. The van der Waals surface area contributed by atoms with Crippen LogP contribution in [0, 0.1) is 6.92 Å². The molecule has 2 aromatic heterocycles. The van der Waals surface area contributed by atoms with E-state index in [2.05, 4.69) is 34.2 Å². The predicted octanol–water partition coefficient (Wildman–Crippen LogP) is -1.19. The van der Waals surface area contributed by atoms with Crippen LogP contribution in [0.5, 0.6) is 0 Å². The van der Waals surface area contributed by atoms with Crippen molar-refractivity contribution in [2.45, 2.75) is 24.8 Å². The second kappa shape index (κ2) is 16.3. The van der Waals surface area contributed by atoms with Gasteiger partial charge in [-0.15, -0.1) is 0 Å². The molecule has 0 aliphatic rings. The summed E-state index contributed by atoms with van der Waals surface area (Å²) < 4.78 is 25.3. The summed E-state index contributed by atoms with van der Waals surface area (Å²) in [5, 5.41) is 20.9. The van der Waals surface area contributed by atoms with E-state index in [0.29, 0.717) is 0 Å². The van der Waals surface area contributed by atoms with Gasteiger partial charge in [-0.05, 0) is 38.1 Å². The van der Waals surface area contributed by atoms with Gasteiger partial charge in [-0.25, -0.2) is 13.1 Å². The Hall–Kier alpha value is -3.46. The average molecular weight is 563 g/mol. The number of carbonyl (C=O) groups excluding carboxylic acids is 2. The van der Waals surface area contributed by atoms with E-state index >= 15 is 0 Å². The van der Waals surface area contributed by atoms with E-state index in [4.69, 9.17) is 9.90 Å². The maximum Gasteiger partial charge on any atom is 2.00 e. The van der Waals surface area contributed by atoms with Gasteiger partial charge in [0, 0.05) is 29.6 Å². The number of aliphatic carboxylic acids is 1. The van der Waals surface area contributed by atoms with Crippen LogP contribution in [0.15, 0.2) is 78.0 Å². The Labute approximate surface area is 218 Å². The molecule has 11 nitrogen and oxygen atoms in total. The zero-order chi connectivity index (χ0) is 24.4. The van der Waals surface area contributed by atoms with Gasteiger partial charge in [0.1, 0.15) is 0 Å². The summed E-state index contributed by atoms with van der Waals surface area (Å²) in [4.78, 5) is 27.4. The minimum absolute atomic E-state index is 0. The number of carboxylic acid groups (broad SMARTS) is 2. The van der Waals surface area contributed by atoms with E-state index in [0.717, 1.165) is 27.4 Å². The molecule has 1 radical (unpaired) electrons. The SMILES string of the molecule is Cc1ccc(S(=O)(=O)N[C@H](C)C(=O)[O-])cc1.O.O=C[O-].[Co+2].[OH3+].c1cnc2c(c1)ccc1cccnc12. The molecule has 4 aromatic rings. The molecule has 1 atom stereocenters. The molecule has 0 spiro atoms. The van der Waals surface area contributed by atoms with E-state index in [9.17, 15) is 18.3 Å². The summed E-state index contributed by atoms with van der Waals surface area (Å²) >= 11 is 0. The Balaban J connectivity index is 0. The van der Waals surface area contributed by atoms with Crippen LogP contribution in [0.2, 0.25) is 0 Å². The molecule has 36 heavy (non-hydrogen) atoms. The first-order chi connectivity index (χ1) is 15.7. The summed E-state index contributed by atoms with van der Waals surface area (Å²) in [5.74, 6) is -1.46. The van der Waals surface area contributed by atoms with Crippen molar-refractivity contribution in [3.8, 4) is 0 Å². The number of carbonyl (C=O) groups is 2. The third kappa shape index (κ3) is 9.65. The smallest absolute Gasteiger partial charge is 0.554 e. The number of rotatable bonds is 4. The molecule has 0 saturated carbocycles. The molecular formula is C23H26CoN3O8S+. The molecule has 4 rings (SSSR count). The van der Waals surface area contributed by atoms with Gasteiger partial charge in [0.15, 0.2) is 0 Å². The van der Waals surface area contributed by atoms with Crippen molar-refractivity contribution in [3.63, 3.8) is 0 Å². The van der Waals surface area contributed by atoms with Gasteiger partial charge in [-0.1, -0.05) is 42.0 Å². The molecule has 0 aliphatic heterocycles. The van der Waals surface area contributed by atoms with Crippen molar-refractivity contribution >= 4 is 44.3 Å². The normalized spacial score (nSPS) is 10.5. The molecule has 2 heterocycles. The maximum absolute atomic E-state index is 11.7. The van der Waals surface area contributed by atoms with Gasteiger partial charge in [0.25, 0.3) is 0 Å². The molecule has 13 heteroatoms. The van der Waals surface area contributed by atoms with Crippen molar-refractivity contribution in [2.24, 2.45) is 0 Å². The third-order valence-electron chi connectivity index (χ3n) is 4.36. The number of sulfonamides is 1. The number of fused-ring (bicyclic) bond motifs is 3. The van der Waals surface area contributed by atoms with Crippen LogP contribution in [0.3, 0.4) is 0 Å². The van der Waals surface area contributed by atoms with Crippen molar-refractivity contribution in [1.82, 2.24) is 14.7 Å². The van der Waals surface area contributed by atoms with Crippen LogP contribution in [-0.2, 0) is 41.9 Å². The zero-order valence-corrected chi connectivity index (χ0v) is 21.1.